The van der Waals surface area contributed by atoms with E-state index in [9.17, 15) is 18.4 Å². The lowest BCUT2D eigenvalue weighted by atomic mass is 9.53. The second-order valence-electron chi connectivity index (χ2n) is 10.3. The van der Waals surface area contributed by atoms with Crippen molar-refractivity contribution in [3.05, 3.63) is 54.1 Å². The molecule has 1 atom stereocenters. The van der Waals surface area contributed by atoms with Gasteiger partial charge in [-0.15, -0.1) is 0 Å². The van der Waals surface area contributed by atoms with Crippen LogP contribution in [-0.4, -0.2) is 29.3 Å². The topological polar surface area (TPSA) is 67.4 Å². The Morgan fingerprint density at radius 3 is 2.17 bits per heavy atom. The number of para-hydroxylation sites is 1. The number of carbonyl (C=O) groups excluding carboxylic acids is 2. The van der Waals surface area contributed by atoms with Crippen LogP contribution in [-0.2, 0) is 9.53 Å². The first-order valence-corrected chi connectivity index (χ1v) is 13.1. The van der Waals surface area contributed by atoms with Gasteiger partial charge in [-0.25, -0.2) is 4.79 Å². The summed E-state index contributed by atoms with van der Waals surface area (Å²) in [5.74, 6) is -1.18. The van der Waals surface area contributed by atoms with Crippen molar-refractivity contribution in [2.45, 2.75) is 67.7 Å². The molecule has 0 saturated heterocycles. The Kier molecular flexibility index (Phi) is 6.75. The molecular formula is C27H30F2N2O3S. The first-order chi connectivity index (χ1) is 16.8. The van der Waals surface area contributed by atoms with Crippen molar-refractivity contribution in [1.82, 2.24) is 5.32 Å². The smallest absolute Gasteiger partial charge is 0.341 e. The largest absolute Gasteiger partial charge is 0.449 e. The van der Waals surface area contributed by atoms with Gasteiger partial charge in [-0.3, -0.25) is 4.79 Å². The number of nitrogens with one attached hydrogen (secondary N) is 2. The van der Waals surface area contributed by atoms with Crippen LogP contribution in [0.1, 0.15) is 55.8 Å². The summed E-state index contributed by atoms with van der Waals surface area (Å²) in [6.07, 6.45) is 6.06. The number of rotatable bonds is 8. The Hall–Kier alpha value is -2.61. The first-order valence-electron chi connectivity index (χ1n) is 12.2. The molecule has 0 aliphatic heterocycles. The van der Waals surface area contributed by atoms with Gasteiger partial charge < -0.3 is 15.4 Å². The van der Waals surface area contributed by atoms with E-state index in [1.54, 1.807) is 55.5 Å². The quantitative estimate of drug-likeness (QED) is 0.325. The molecule has 4 bridgehead atoms. The average molecular weight is 501 g/mol. The van der Waals surface area contributed by atoms with Crippen molar-refractivity contribution in [3.8, 4) is 0 Å². The number of amides is 1. The molecule has 2 N–H and O–H groups in total. The lowest BCUT2D eigenvalue weighted by Gasteiger charge is -2.57. The number of carbonyl (C=O) groups is 2. The molecule has 4 aliphatic carbocycles. The second-order valence-corrected chi connectivity index (χ2v) is 11.4. The SMILES string of the molecule is CC(OC(=O)c1ccccc1Nc1ccc(SC(F)F)cc1)C(=O)NC12CC3CC(CC(C3)C1)C2. The highest BCUT2D eigenvalue weighted by atomic mass is 32.2. The van der Waals surface area contributed by atoms with Crippen LogP contribution in [0.15, 0.2) is 53.4 Å². The summed E-state index contributed by atoms with van der Waals surface area (Å²) in [5, 5.41) is 6.41. The van der Waals surface area contributed by atoms with Crippen LogP contribution in [0.4, 0.5) is 20.2 Å². The zero-order valence-corrected chi connectivity index (χ0v) is 20.5. The van der Waals surface area contributed by atoms with E-state index in [2.05, 4.69) is 10.6 Å². The summed E-state index contributed by atoms with van der Waals surface area (Å²) in [4.78, 5) is 26.5. The molecule has 0 radical (unpaired) electrons. The number of alkyl halides is 2. The molecule has 2 aromatic rings. The summed E-state index contributed by atoms with van der Waals surface area (Å²) in [5.41, 5.74) is 1.32. The number of hydrogen-bond acceptors (Lipinski definition) is 5. The van der Waals surface area contributed by atoms with Crippen LogP contribution in [0.25, 0.3) is 0 Å². The normalized spacial score (nSPS) is 27.5. The standard InChI is InChI=1S/C27H30F2N2O3S/c1-16(24(32)31-27-13-17-10-18(14-27)12-19(11-17)15-27)34-25(33)22-4-2-3-5-23(22)30-20-6-8-21(9-7-20)35-26(28)29/h2-9,16-19,26,30H,10-15H2,1H3,(H,31,32). The van der Waals surface area contributed by atoms with E-state index in [1.807, 2.05) is 0 Å². The van der Waals surface area contributed by atoms with E-state index in [4.69, 9.17) is 4.74 Å². The molecule has 1 amide bonds. The van der Waals surface area contributed by atoms with Crippen LogP contribution in [0.5, 0.6) is 0 Å². The van der Waals surface area contributed by atoms with Gasteiger partial charge in [0.05, 0.1) is 11.3 Å². The molecule has 186 valence electrons. The van der Waals surface area contributed by atoms with E-state index in [0.717, 1.165) is 19.3 Å². The fourth-order valence-electron chi connectivity index (χ4n) is 6.55. The van der Waals surface area contributed by atoms with Crippen molar-refractivity contribution in [3.63, 3.8) is 0 Å². The van der Waals surface area contributed by atoms with E-state index < -0.39 is 17.8 Å². The lowest BCUT2D eigenvalue weighted by Crippen LogP contribution is -2.61. The maximum Gasteiger partial charge on any atom is 0.341 e. The van der Waals surface area contributed by atoms with Crippen LogP contribution >= 0.6 is 11.8 Å². The molecule has 2 aromatic carbocycles. The van der Waals surface area contributed by atoms with Gasteiger partial charge in [-0.05, 0) is 99.6 Å². The third kappa shape index (κ3) is 5.47. The molecule has 35 heavy (non-hydrogen) atoms. The fraction of sp³-hybridized carbons (Fsp3) is 0.481. The number of halogens is 2. The predicted octanol–water partition coefficient (Wildman–Crippen LogP) is 6.38. The highest BCUT2D eigenvalue weighted by Gasteiger charge is 2.51. The molecule has 4 aliphatic rings. The Balaban J connectivity index is 1.22. The minimum atomic E-state index is -2.48. The number of hydrogen-bond donors (Lipinski definition) is 2. The number of esters is 1. The van der Waals surface area contributed by atoms with E-state index >= 15 is 0 Å². The molecule has 1 unspecified atom stereocenters. The van der Waals surface area contributed by atoms with E-state index in [0.29, 0.717) is 51.3 Å². The Bertz CT molecular complexity index is 1060. The summed E-state index contributed by atoms with van der Waals surface area (Å²) >= 11 is 0.478. The number of thioether (sulfide) groups is 1. The minimum absolute atomic E-state index is 0.138. The maximum absolute atomic E-state index is 13.0. The number of ether oxygens (including phenoxy) is 1. The molecule has 4 saturated carbocycles. The van der Waals surface area contributed by atoms with Crippen molar-refractivity contribution < 1.29 is 23.1 Å². The molecule has 6 rings (SSSR count). The summed E-state index contributed by atoms with van der Waals surface area (Å²) in [6.45, 7) is 1.61. The summed E-state index contributed by atoms with van der Waals surface area (Å²) in [6, 6.07) is 13.4. The monoisotopic (exact) mass is 500 g/mol. The minimum Gasteiger partial charge on any atom is -0.449 e. The van der Waals surface area contributed by atoms with Crippen LogP contribution in [0, 0.1) is 17.8 Å². The van der Waals surface area contributed by atoms with Crippen LogP contribution in [0.2, 0.25) is 0 Å². The highest BCUT2D eigenvalue weighted by Crippen LogP contribution is 2.55. The molecule has 0 spiro atoms. The Labute approximate surface area is 208 Å². The van der Waals surface area contributed by atoms with Crippen molar-refractivity contribution in [2.75, 3.05) is 5.32 Å². The van der Waals surface area contributed by atoms with Gasteiger partial charge in [0.2, 0.25) is 0 Å². The van der Waals surface area contributed by atoms with Gasteiger partial charge in [0, 0.05) is 16.1 Å². The van der Waals surface area contributed by atoms with Gasteiger partial charge in [0.25, 0.3) is 11.7 Å². The Morgan fingerprint density at radius 1 is 0.971 bits per heavy atom. The molecule has 4 fully saturated rings. The van der Waals surface area contributed by atoms with Gasteiger partial charge in [-0.1, -0.05) is 23.9 Å². The van der Waals surface area contributed by atoms with Gasteiger partial charge in [0.1, 0.15) is 0 Å². The summed E-state index contributed by atoms with van der Waals surface area (Å²) in [7, 11) is 0. The lowest BCUT2D eigenvalue weighted by molar-refractivity contribution is -0.134. The van der Waals surface area contributed by atoms with E-state index in [1.165, 1.54) is 19.3 Å². The zero-order chi connectivity index (χ0) is 24.6. The molecule has 8 heteroatoms. The first kappa shape index (κ1) is 24.1. The third-order valence-electron chi connectivity index (χ3n) is 7.59. The highest BCUT2D eigenvalue weighted by molar-refractivity contribution is 7.99. The van der Waals surface area contributed by atoms with Crippen molar-refractivity contribution in [1.29, 1.82) is 0 Å². The Morgan fingerprint density at radius 2 is 1.57 bits per heavy atom. The third-order valence-corrected chi connectivity index (χ3v) is 8.31. The molecular weight excluding hydrogens is 470 g/mol. The maximum atomic E-state index is 13.0. The van der Waals surface area contributed by atoms with Crippen LogP contribution < -0.4 is 10.6 Å². The van der Waals surface area contributed by atoms with Crippen molar-refractivity contribution in [2.24, 2.45) is 17.8 Å². The molecule has 0 heterocycles. The van der Waals surface area contributed by atoms with Crippen LogP contribution in [0.3, 0.4) is 0 Å². The molecule has 5 nitrogen and oxygen atoms in total. The van der Waals surface area contributed by atoms with Crippen molar-refractivity contribution >= 4 is 35.0 Å². The van der Waals surface area contributed by atoms with E-state index in [-0.39, 0.29) is 11.4 Å². The number of anilines is 2. The van der Waals surface area contributed by atoms with Gasteiger partial charge >= 0.3 is 5.97 Å². The average Bonchev–Trinajstić information content (AvgIpc) is 2.79. The number of benzene rings is 2. The fourth-order valence-corrected chi connectivity index (χ4v) is 7.05. The zero-order valence-electron chi connectivity index (χ0n) is 19.6. The predicted molar refractivity (Wildman–Crippen MR) is 132 cm³/mol. The summed E-state index contributed by atoms with van der Waals surface area (Å²) < 4.78 is 30.7. The molecule has 0 aromatic heterocycles. The second kappa shape index (κ2) is 9.80. The van der Waals surface area contributed by atoms with Gasteiger partial charge in [-0.2, -0.15) is 8.78 Å². The van der Waals surface area contributed by atoms with Gasteiger partial charge in [0.15, 0.2) is 6.10 Å².